The summed E-state index contributed by atoms with van der Waals surface area (Å²) in [4.78, 5) is 17.7. The number of benzene rings is 1. The van der Waals surface area contributed by atoms with Crippen molar-refractivity contribution in [3.05, 3.63) is 41.2 Å². The van der Waals surface area contributed by atoms with E-state index in [0.29, 0.717) is 22.8 Å². The molecule has 0 radical (unpaired) electrons. The first kappa shape index (κ1) is 17.7. The van der Waals surface area contributed by atoms with Crippen molar-refractivity contribution in [1.29, 1.82) is 0 Å². The molecule has 1 aromatic carbocycles. The first-order valence-corrected chi connectivity index (χ1v) is 7.84. The minimum atomic E-state index is -0.491. The van der Waals surface area contributed by atoms with E-state index in [0.717, 1.165) is 0 Å². The molecule has 10 heteroatoms. The molecule has 3 rings (SSSR count). The molecule has 6 N–H and O–H groups in total. The number of aliphatic hydroxyl groups excluding tert-OH is 1. The van der Waals surface area contributed by atoms with Crippen LogP contribution in [-0.4, -0.2) is 41.1 Å². The lowest BCUT2D eigenvalue weighted by atomic mass is 10.1. The Morgan fingerprint density at radius 3 is 2.96 bits per heavy atom. The van der Waals surface area contributed by atoms with Crippen molar-refractivity contribution in [2.75, 3.05) is 36.8 Å². The lowest BCUT2D eigenvalue weighted by molar-refractivity contribution is 0.0766. The highest BCUT2D eigenvalue weighted by atomic mass is 19.1. The zero-order chi connectivity index (χ0) is 18.7. The number of ether oxygens (including phenoxy) is 1. The van der Waals surface area contributed by atoms with Crippen LogP contribution in [0, 0.1) is 5.82 Å². The van der Waals surface area contributed by atoms with Gasteiger partial charge in [-0.2, -0.15) is 0 Å². The molecule has 0 aliphatic carbocycles. The Morgan fingerprint density at radius 2 is 2.19 bits per heavy atom. The predicted molar refractivity (Wildman–Crippen MR) is 93.8 cm³/mol. The average Bonchev–Trinajstić information content (AvgIpc) is 3.08. The fourth-order valence-electron chi connectivity index (χ4n) is 2.46. The molecule has 2 aromatic rings. The molecule has 138 valence electrons. The van der Waals surface area contributed by atoms with Gasteiger partial charge in [0.2, 0.25) is 0 Å². The predicted octanol–water partition coefficient (Wildman–Crippen LogP) is 0.703. The molecule has 1 aliphatic rings. The van der Waals surface area contributed by atoms with Gasteiger partial charge in [0.05, 0.1) is 6.61 Å². The van der Waals surface area contributed by atoms with Gasteiger partial charge in [-0.05, 0) is 18.2 Å². The van der Waals surface area contributed by atoms with Crippen molar-refractivity contribution in [3.63, 3.8) is 0 Å². The smallest absolute Gasteiger partial charge is 0.253 e. The third-order valence-electron chi connectivity index (χ3n) is 3.83. The number of pyridine rings is 1. The highest BCUT2D eigenvalue weighted by Crippen LogP contribution is 2.35. The number of nitrogens with zero attached hydrogens (tertiary/aromatic N) is 2. The number of hydrogen-bond acceptors (Lipinski definition) is 8. The summed E-state index contributed by atoms with van der Waals surface area (Å²) in [6.45, 7) is -0.0621. The van der Waals surface area contributed by atoms with Crippen molar-refractivity contribution >= 4 is 23.2 Å². The molecule has 0 saturated carbocycles. The number of hydrogen-bond donors (Lipinski definition) is 5. The quantitative estimate of drug-likeness (QED) is 0.509. The first-order valence-electron chi connectivity index (χ1n) is 7.84. The minimum Gasteiger partial charge on any atom is -0.486 e. The van der Waals surface area contributed by atoms with E-state index in [-0.39, 0.29) is 37.0 Å². The second-order valence-electron chi connectivity index (χ2n) is 5.69. The number of rotatable bonds is 6. The van der Waals surface area contributed by atoms with Crippen LogP contribution in [0.15, 0.2) is 24.3 Å². The molecule has 0 bridgehead atoms. The topological polar surface area (TPSA) is 125 Å². The summed E-state index contributed by atoms with van der Waals surface area (Å²) in [5, 5.41) is 8.94. The van der Waals surface area contributed by atoms with Gasteiger partial charge in [-0.25, -0.2) is 9.37 Å². The van der Waals surface area contributed by atoms with Crippen LogP contribution in [0.1, 0.15) is 15.9 Å². The van der Waals surface area contributed by atoms with E-state index in [1.807, 2.05) is 0 Å². The molecule has 0 atom stereocenters. The standard InChI is InChI=1S/C16H19FN6O3/c1-23(4-5-24)16(25)9-2-3-11(17)10(6-9)8-26-12-7-13(18)19-15-14(12)20-22-21-15/h2-3,6-7,20,22,24H,4-5,8H2,1H3,(H3,18,19,21). The molecule has 26 heavy (non-hydrogen) atoms. The third-order valence-corrected chi connectivity index (χ3v) is 3.83. The van der Waals surface area contributed by atoms with Crippen LogP contribution in [-0.2, 0) is 6.61 Å². The van der Waals surface area contributed by atoms with E-state index in [2.05, 4.69) is 21.4 Å². The van der Waals surface area contributed by atoms with Crippen LogP contribution in [0.4, 0.5) is 21.7 Å². The van der Waals surface area contributed by atoms with Crippen LogP contribution in [0.25, 0.3) is 0 Å². The van der Waals surface area contributed by atoms with Gasteiger partial charge in [-0.3, -0.25) is 15.6 Å². The zero-order valence-corrected chi connectivity index (χ0v) is 14.0. The molecule has 0 unspecified atom stereocenters. The summed E-state index contributed by atoms with van der Waals surface area (Å²) in [6.07, 6.45) is 0. The van der Waals surface area contributed by atoms with Gasteiger partial charge >= 0.3 is 0 Å². The Kier molecular flexibility index (Phi) is 5.05. The number of carbonyl (C=O) groups is 1. The molecule has 9 nitrogen and oxygen atoms in total. The number of amides is 1. The SMILES string of the molecule is CN(CCO)C(=O)c1ccc(F)c(COc2cc(N)nc3c2NNN3)c1. The Bertz CT molecular complexity index is 832. The van der Waals surface area contributed by atoms with E-state index in [1.165, 1.54) is 29.2 Å². The van der Waals surface area contributed by atoms with E-state index in [1.54, 1.807) is 7.05 Å². The van der Waals surface area contributed by atoms with E-state index in [9.17, 15) is 9.18 Å². The fraction of sp³-hybridized carbons (Fsp3) is 0.250. The van der Waals surface area contributed by atoms with Gasteiger partial charge in [-0.15, -0.1) is 5.53 Å². The second kappa shape index (κ2) is 7.42. The molecule has 1 amide bonds. The van der Waals surface area contributed by atoms with Crippen LogP contribution in [0.5, 0.6) is 5.75 Å². The molecular weight excluding hydrogens is 343 g/mol. The Hall–Kier alpha value is -3.11. The third kappa shape index (κ3) is 3.60. The van der Waals surface area contributed by atoms with Crippen LogP contribution >= 0.6 is 0 Å². The normalized spacial score (nSPS) is 12.1. The lowest BCUT2D eigenvalue weighted by Crippen LogP contribution is -2.29. The molecule has 0 fully saturated rings. The number of nitrogen functional groups attached to an aromatic ring is 1. The number of nitrogens with one attached hydrogen (secondary N) is 3. The number of likely N-dealkylation sites (N-methyl/N-ethyl adjacent to an activating group) is 1. The van der Waals surface area contributed by atoms with Crippen LogP contribution in [0.3, 0.4) is 0 Å². The largest absolute Gasteiger partial charge is 0.486 e. The van der Waals surface area contributed by atoms with Crippen molar-refractivity contribution in [3.8, 4) is 5.75 Å². The number of fused-ring (bicyclic) bond motifs is 1. The summed E-state index contributed by atoms with van der Waals surface area (Å²) in [5.74, 6) is 0.291. The number of nitrogens with two attached hydrogens (primary N) is 1. The summed E-state index contributed by atoms with van der Waals surface area (Å²) in [6, 6.07) is 5.56. The lowest BCUT2D eigenvalue weighted by Gasteiger charge is -2.16. The van der Waals surface area contributed by atoms with E-state index < -0.39 is 5.82 Å². The van der Waals surface area contributed by atoms with Gasteiger partial charge in [-0.1, -0.05) is 0 Å². The average molecular weight is 362 g/mol. The first-order chi connectivity index (χ1) is 12.5. The number of halogens is 1. The Balaban J connectivity index is 1.79. The monoisotopic (exact) mass is 362 g/mol. The van der Waals surface area contributed by atoms with Gasteiger partial charge in [0.1, 0.15) is 23.9 Å². The highest BCUT2D eigenvalue weighted by Gasteiger charge is 2.19. The summed E-state index contributed by atoms with van der Waals surface area (Å²) in [5.41, 5.74) is 15.1. The summed E-state index contributed by atoms with van der Waals surface area (Å²) in [7, 11) is 1.56. The van der Waals surface area contributed by atoms with E-state index in [4.69, 9.17) is 15.6 Å². The Labute approximate surface area is 148 Å². The molecule has 1 aromatic heterocycles. The molecule has 0 spiro atoms. The van der Waals surface area contributed by atoms with Crippen molar-refractivity contribution in [2.24, 2.45) is 0 Å². The maximum atomic E-state index is 14.1. The summed E-state index contributed by atoms with van der Waals surface area (Å²) >= 11 is 0. The number of aromatic nitrogens is 1. The van der Waals surface area contributed by atoms with Crippen molar-refractivity contribution in [2.45, 2.75) is 6.61 Å². The van der Waals surface area contributed by atoms with Gasteiger partial charge in [0, 0.05) is 30.8 Å². The number of hydrazine groups is 2. The van der Waals surface area contributed by atoms with Gasteiger partial charge < -0.3 is 20.5 Å². The molecule has 2 heterocycles. The van der Waals surface area contributed by atoms with E-state index >= 15 is 0 Å². The van der Waals surface area contributed by atoms with Crippen LogP contribution < -0.4 is 26.9 Å². The maximum Gasteiger partial charge on any atom is 0.253 e. The minimum absolute atomic E-state index is 0.103. The number of carbonyl (C=O) groups excluding carboxylic acids is 1. The van der Waals surface area contributed by atoms with Crippen LogP contribution in [0.2, 0.25) is 0 Å². The summed E-state index contributed by atoms with van der Waals surface area (Å²) < 4.78 is 19.8. The number of aliphatic hydroxyl groups is 1. The van der Waals surface area contributed by atoms with Gasteiger partial charge in [0.15, 0.2) is 11.6 Å². The number of anilines is 3. The Morgan fingerprint density at radius 1 is 1.38 bits per heavy atom. The molecule has 1 aliphatic heterocycles. The molecular formula is C16H19FN6O3. The zero-order valence-electron chi connectivity index (χ0n) is 14.0. The maximum absolute atomic E-state index is 14.1. The molecule has 0 saturated heterocycles. The van der Waals surface area contributed by atoms with Crippen molar-refractivity contribution < 1.29 is 19.0 Å². The highest BCUT2D eigenvalue weighted by molar-refractivity contribution is 5.94. The van der Waals surface area contributed by atoms with Gasteiger partial charge in [0.25, 0.3) is 5.91 Å². The van der Waals surface area contributed by atoms with Crippen molar-refractivity contribution in [1.82, 2.24) is 15.4 Å². The second-order valence-corrected chi connectivity index (χ2v) is 5.69. The fourth-order valence-corrected chi connectivity index (χ4v) is 2.46.